The second kappa shape index (κ2) is 6.37. The summed E-state index contributed by atoms with van der Waals surface area (Å²) >= 11 is 0. The summed E-state index contributed by atoms with van der Waals surface area (Å²) in [5.41, 5.74) is 6.22. The van der Waals surface area contributed by atoms with Crippen molar-refractivity contribution in [1.82, 2.24) is 10.2 Å². The Morgan fingerprint density at radius 3 is 2.52 bits per heavy atom. The summed E-state index contributed by atoms with van der Waals surface area (Å²) in [5, 5.41) is 19.5. The quantitative estimate of drug-likeness (QED) is 0.762. The molecule has 4 heteroatoms. The highest BCUT2D eigenvalue weighted by Crippen LogP contribution is 2.28. The van der Waals surface area contributed by atoms with Crippen LogP contribution >= 0.6 is 0 Å². The maximum atomic E-state index is 9.17. The summed E-state index contributed by atoms with van der Waals surface area (Å²) in [6.45, 7) is 4.19. The molecule has 3 aromatic rings. The lowest BCUT2D eigenvalue weighted by Crippen LogP contribution is -2.12. The Balaban J connectivity index is 2.07. The summed E-state index contributed by atoms with van der Waals surface area (Å²) in [6.07, 6.45) is 3.58. The third-order valence-corrected chi connectivity index (χ3v) is 3.74. The van der Waals surface area contributed by atoms with E-state index in [0.29, 0.717) is 5.56 Å². The molecule has 2 N–H and O–H groups in total. The van der Waals surface area contributed by atoms with Crippen LogP contribution in [0.4, 0.5) is 5.69 Å². The maximum Gasteiger partial charge on any atom is 0.0991 e. The zero-order chi connectivity index (χ0) is 16.2. The van der Waals surface area contributed by atoms with Crippen molar-refractivity contribution in [3.8, 4) is 6.07 Å². The number of aromatic nitrogens is 2. The van der Waals surface area contributed by atoms with Gasteiger partial charge in [0.05, 0.1) is 29.6 Å². The molecule has 0 saturated carbocycles. The predicted octanol–water partition coefficient (Wildman–Crippen LogP) is 4.10. The SMILES string of the molecule is Cc1cc(C)cc(C(Nc2cn[nH]c2)c2cccc(C#N)c2)c1. The molecule has 23 heavy (non-hydrogen) atoms. The van der Waals surface area contributed by atoms with E-state index >= 15 is 0 Å². The molecule has 0 fully saturated rings. The topological polar surface area (TPSA) is 64.5 Å². The monoisotopic (exact) mass is 302 g/mol. The van der Waals surface area contributed by atoms with E-state index < -0.39 is 0 Å². The van der Waals surface area contributed by atoms with E-state index in [9.17, 15) is 5.26 Å². The Hall–Kier alpha value is -3.06. The molecule has 4 nitrogen and oxygen atoms in total. The smallest absolute Gasteiger partial charge is 0.0991 e. The molecule has 0 saturated heterocycles. The summed E-state index contributed by atoms with van der Waals surface area (Å²) in [4.78, 5) is 0. The number of nitrogens with zero attached hydrogens (tertiary/aromatic N) is 2. The number of aromatic amines is 1. The van der Waals surface area contributed by atoms with Crippen molar-refractivity contribution in [1.29, 1.82) is 5.26 Å². The largest absolute Gasteiger partial charge is 0.372 e. The highest BCUT2D eigenvalue weighted by Gasteiger charge is 2.16. The molecular formula is C19H18N4. The molecule has 3 rings (SSSR count). The van der Waals surface area contributed by atoms with Crippen LogP contribution in [0.1, 0.15) is 33.9 Å². The number of nitrogens with one attached hydrogen (secondary N) is 2. The average Bonchev–Trinajstić information content (AvgIpc) is 3.05. The zero-order valence-electron chi connectivity index (χ0n) is 13.2. The minimum Gasteiger partial charge on any atom is -0.372 e. The molecule has 1 atom stereocenters. The summed E-state index contributed by atoms with van der Waals surface area (Å²) in [7, 11) is 0. The fraction of sp³-hybridized carbons (Fsp3) is 0.158. The lowest BCUT2D eigenvalue weighted by atomic mass is 9.94. The van der Waals surface area contributed by atoms with Gasteiger partial charge in [-0.3, -0.25) is 5.10 Å². The van der Waals surface area contributed by atoms with Crippen LogP contribution in [0.5, 0.6) is 0 Å². The number of aryl methyl sites for hydroxylation is 2. The van der Waals surface area contributed by atoms with Gasteiger partial charge in [0, 0.05) is 6.20 Å². The van der Waals surface area contributed by atoms with E-state index in [4.69, 9.17) is 0 Å². The van der Waals surface area contributed by atoms with E-state index in [2.05, 4.69) is 53.6 Å². The minimum atomic E-state index is -0.0421. The van der Waals surface area contributed by atoms with E-state index in [1.807, 2.05) is 30.5 Å². The zero-order valence-corrected chi connectivity index (χ0v) is 13.2. The third-order valence-electron chi connectivity index (χ3n) is 3.74. The highest BCUT2D eigenvalue weighted by molar-refractivity contribution is 5.49. The number of anilines is 1. The van der Waals surface area contributed by atoms with Crippen molar-refractivity contribution in [2.24, 2.45) is 0 Å². The van der Waals surface area contributed by atoms with Crippen LogP contribution in [-0.2, 0) is 0 Å². The van der Waals surface area contributed by atoms with Gasteiger partial charge in [-0.1, -0.05) is 41.5 Å². The molecule has 0 aliphatic heterocycles. The van der Waals surface area contributed by atoms with Gasteiger partial charge >= 0.3 is 0 Å². The van der Waals surface area contributed by atoms with Gasteiger partial charge in [0.2, 0.25) is 0 Å². The fourth-order valence-electron chi connectivity index (χ4n) is 2.82. The van der Waals surface area contributed by atoms with Crippen LogP contribution in [0, 0.1) is 25.2 Å². The van der Waals surface area contributed by atoms with Crippen LogP contribution in [0.3, 0.4) is 0 Å². The molecule has 0 aliphatic rings. The Morgan fingerprint density at radius 1 is 1.09 bits per heavy atom. The third kappa shape index (κ3) is 3.41. The van der Waals surface area contributed by atoms with Crippen LogP contribution < -0.4 is 5.32 Å². The first-order chi connectivity index (χ1) is 11.2. The molecule has 1 unspecified atom stereocenters. The molecule has 0 amide bonds. The lowest BCUT2D eigenvalue weighted by molar-refractivity contribution is 0.933. The molecular weight excluding hydrogens is 284 g/mol. The molecule has 1 heterocycles. The first-order valence-corrected chi connectivity index (χ1v) is 7.49. The van der Waals surface area contributed by atoms with Crippen molar-refractivity contribution >= 4 is 5.69 Å². The van der Waals surface area contributed by atoms with Crippen LogP contribution in [-0.4, -0.2) is 10.2 Å². The van der Waals surface area contributed by atoms with Gasteiger partial charge in [-0.05, 0) is 37.1 Å². The number of nitriles is 1. The number of rotatable bonds is 4. The van der Waals surface area contributed by atoms with Gasteiger partial charge in [-0.25, -0.2) is 0 Å². The Bertz CT molecular complexity index is 824. The molecule has 0 radical (unpaired) electrons. The molecule has 1 aromatic heterocycles. The number of hydrogen-bond acceptors (Lipinski definition) is 3. The molecule has 2 aromatic carbocycles. The van der Waals surface area contributed by atoms with Gasteiger partial charge in [0.1, 0.15) is 0 Å². The summed E-state index contributed by atoms with van der Waals surface area (Å²) in [6, 6.07) is 16.4. The predicted molar refractivity (Wildman–Crippen MR) is 91.1 cm³/mol. The summed E-state index contributed by atoms with van der Waals surface area (Å²) in [5.74, 6) is 0. The van der Waals surface area contributed by atoms with Crippen molar-refractivity contribution in [3.05, 3.63) is 82.7 Å². The van der Waals surface area contributed by atoms with E-state index in [0.717, 1.165) is 11.3 Å². The second-order valence-electron chi connectivity index (χ2n) is 5.72. The molecule has 0 aliphatic carbocycles. The van der Waals surface area contributed by atoms with Crippen LogP contribution in [0.2, 0.25) is 0 Å². The first-order valence-electron chi connectivity index (χ1n) is 7.49. The van der Waals surface area contributed by atoms with Gasteiger partial charge in [0.15, 0.2) is 0 Å². The average molecular weight is 302 g/mol. The standard InChI is InChI=1S/C19H18N4/c1-13-6-14(2)8-17(7-13)19(23-18-11-21-22-12-18)16-5-3-4-15(9-16)10-20/h3-9,11-12,19,23H,1-2H3,(H,21,22). The van der Waals surface area contributed by atoms with Crippen molar-refractivity contribution < 1.29 is 0 Å². The van der Waals surface area contributed by atoms with E-state index in [-0.39, 0.29) is 6.04 Å². The second-order valence-corrected chi connectivity index (χ2v) is 5.72. The number of H-pyrrole nitrogens is 1. The van der Waals surface area contributed by atoms with Gasteiger partial charge in [-0.2, -0.15) is 10.4 Å². The molecule has 0 bridgehead atoms. The van der Waals surface area contributed by atoms with Gasteiger partial charge in [0.25, 0.3) is 0 Å². The lowest BCUT2D eigenvalue weighted by Gasteiger charge is -2.21. The summed E-state index contributed by atoms with van der Waals surface area (Å²) < 4.78 is 0. The van der Waals surface area contributed by atoms with Crippen molar-refractivity contribution in [2.75, 3.05) is 5.32 Å². The Labute approximate surface area is 135 Å². The van der Waals surface area contributed by atoms with E-state index in [1.165, 1.54) is 16.7 Å². The van der Waals surface area contributed by atoms with Gasteiger partial charge < -0.3 is 5.32 Å². The molecule has 0 spiro atoms. The highest BCUT2D eigenvalue weighted by atomic mass is 15.1. The van der Waals surface area contributed by atoms with Gasteiger partial charge in [-0.15, -0.1) is 0 Å². The van der Waals surface area contributed by atoms with Crippen LogP contribution in [0.15, 0.2) is 54.9 Å². The van der Waals surface area contributed by atoms with Crippen molar-refractivity contribution in [2.45, 2.75) is 19.9 Å². The Kier molecular flexibility index (Phi) is 4.11. The minimum absolute atomic E-state index is 0.0421. The normalized spacial score (nSPS) is 11.7. The van der Waals surface area contributed by atoms with Crippen LogP contribution in [0.25, 0.3) is 0 Å². The fourth-order valence-corrected chi connectivity index (χ4v) is 2.82. The number of benzene rings is 2. The Morgan fingerprint density at radius 2 is 1.87 bits per heavy atom. The maximum absolute atomic E-state index is 9.17. The van der Waals surface area contributed by atoms with E-state index in [1.54, 1.807) is 6.20 Å². The molecule has 114 valence electrons. The number of hydrogen-bond donors (Lipinski definition) is 2. The van der Waals surface area contributed by atoms with Crippen molar-refractivity contribution in [3.63, 3.8) is 0 Å². The first kappa shape index (κ1) is 14.9.